The molecule has 3 aromatic rings. The number of hydrogen-bond acceptors (Lipinski definition) is 4. The van der Waals surface area contributed by atoms with E-state index in [0.29, 0.717) is 22.3 Å². The highest BCUT2D eigenvalue weighted by atomic mass is 32.2. The smallest absolute Gasteiger partial charge is 0.366 e. The van der Waals surface area contributed by atoms with Gasteiger partial charge in [-0.25, -0.2) is 13.4 Å². The lowest BCUT2D eigenvalue weighted by Crippen LogP contribution is -2.42. The lowest BCUT2D eigenvalue weighted by Gasteiger charge is -2.18. The summed E-state index contributed by atoms with van der Waals surface area (Å²) in [6, 6.07) is 4.72. The van der Waals surface area contributed by atoms with E-state index in [2.05, 4.69) is 4.98 Å². The van der Waals surface area contributed by atoms with Crippen LogP contribution in [0.3, 0.4) is 0 Å². The second kappa shape index (κ2) is 7.85. The molecule has 1 aliphatic rings. The van der Waals surface area contributed by atoms with Gasteiger partial charge < -0.3 is 5.73 Å². The van der Waals surface area contributed by atoms with Gasteiger partial charge >= 0.3 is 6.18 Å². The zero-order valence-corrected chi connectivity index (χ0v) is 18.3. The average molecular weight is 476 g/mol. The summed E-state index contributed by atoms with van der Waals surface area (Å²) in [7, 11) is -4.42. The maximum absolute atomic E-state index is 12.8. The van der Waals surface area contributed by atoms with Gasteiger partial charge in [-0.05, 0) is 55.3 Å². The van der Waals surface area contributed by atoms with Crippen LogP contribution in [0.5, 0.6) is 0 Å². The zero-order chi connectivity index (χ0) is 24.1. The number of amides is 1. The number of nitrogens with one attached hydrogen (secondary N) is 1. The second-order valence-electron chi connectivity index (χ2n) is 7.67. The molecule has 0 bridgehead atoms. The number of fused-ring (bicyclic) bond motifs is 1. The molecule has 0 aliphatic heterocycles. The SMILES string of the molecule is Cc1cnc2c(c1)c(C(N)=O)c(-c1ccc(S(=O)(=O)N[C@@H](C)C(F)(F)F)cc1)n2C1=CC=C1. The molecule has 0 radical (unpaired) electrons. The van der Waals surface area contributed by atoms with Crippen LogP contribution in [-0.2, 0) is 10.0 Å². The Bertz CT molecular complexity index is 1440. The summed E-state index contributed by atoms with van der Waals surface area (Å²) < 4.78 is 66.6. The Balaban J connectivity index is 1.85. The standard InChI is InChI=1S/C22H19F3N4O3S/c1-12-10-17-18(20(26)30)19(29(15-4-3-5-15)21(17)27-11-12)14-6-8-16(9-7-14)33(31,32)28-13(2)22(23,24)25/h3-11,13,28H,1-2H3,(H2,26,30)/t13-/m0/s1. The second-order valence-corrected chi connectivity index (χ2v) is 9.38. The van der Waals surface area contributed by atoms with Crippen molar-refractivity contribution < 1.29 is 26.4 Å². The van der Waals surface area contributed by atoms with Crippen molar-refractivity contribution in [1.82, 2.24) is 14.3 Å². The first-order valence-corrected chi connectivity index (χ1v) is 11.3. The predicted molar refractivity (Wildman–Crippen MR) is 118 cm³/mol. The van der Waals surface area contributed by atoms with Gasteiger partial charge in [0.05, 0.1) is 16.2 Å². The number of sulfonamides is 1. The highest BCUT2D eigenvalue weighted by molar-refractivity contribution is 7.89. The van der Waals surface area contributed by atoms with Crippen LogP contribution >= 0.6 is 0 Å². The molecule has 0 fully saturated rings. The molecule has 1 atom stereocenters. The molecule has 1 aromatic carbocycles. The Kier molecular flexibility index (Phi) is 5.41. The van der Waals surface area contributed by atoms with Crippen molar-refractivity contribution >= 4 is 32.7 Å². The van der Waals surface area contributed by atoms with Crippen LogP contribution in [0.15, 0.2) is 59.7 Å². The number of aromatic nitrogens is 2. The molecular formula is C22H19F3N4O3S. The Morgan fingerprint density at radius 1 is 1.21 bits per heavy atom. The van der Waals surface area contributed by atoms with E-state index in [4.69, 9.17) is 5.73 Å². The third-order valence-corrected chi connectivity index (χ3v) is 6.80. The molecule has 0 saturated carbocycles. The topological polar surface area (TPSA) is 107 Å². The van der Waals surface area contributed by atoms with Gasteiger partial charge in [0.15, 0.2) is 0 Å². The van der Waals surface area contributed by atoms with Gasteiger partial charge in [0.25, 0.3) is 5.91 Å². The summed E-state index contributed by atoms with van der Waals surface area (Å²) in [6.45, 7) is 2.55. The number of halogens is 3. The number of carbonyl (C=O) groups is 1. The number of alkyl halides is 3. The van der Waals surface area contributed by atoms with E-state index in [9.17, 15) is 26.4 Å². The molecule has 2 heterocycles. The van der Waals surface area contributed by atoms with E-state index in [0.717, 1.165) is 18.2 Å². The highest BCUT2D eigenvalue weighted by Crippen LogP contribution is 2.37. The van der Waals surface area contributed by atoms with E-state index in [1.54, 1.807) is 21.6 Å². The third-order valence-electron chi connectivity index (χ3n) is 5.24. The number of primary amides is 1. The molecule has 0 spiro atoms. The largest absolute Gasteiger partial charge is 0.404 e. The molecule has 3 N–H and O–H groups in total. The third kappa shape index (κ3) is 4.05. The highest BCUT2D eigenvalue weighted by Gasteiger charge is 2.39. The van der Waals surface area contributed by atoms with E-state index >= 15 is 0 Å². The van der Waals surface area contributed by atoms with Crippen molar-refractivity contribution in [3.05, 3.63) is 65.9 Å². The number of benzene rings is 1. The average Bonchev–Trinajstić information content (AvgIpc) is 3.00. The maximum atomic E-state index is 12.8. The van der Waals surface area contributed by atoms with Crippen LogP contribution in [0.1, 0.15) is 22.8 Å². The minimum absolute atomic E-state index is 0.210. The molecule has 1 aliphatic carbocycles. The molecule has 1 amide bonds. The molecular weight excluding hydrogens is 457 g/mol. The number of allylic oxidation sites excluding steroid dienone is 4. The minimum atomic E-state index is -4.72. The summed E-state index contributed by atoms with van der Waals surface area (Å²) >= 11 is 0. The van der Waals surface area contributed by atoms with Crippen molar-refractivity contribution in [3.8, 4) is 11.3 Å². The maximum Gasteiger partial charge on any atom is 0.404 e. The molecule has 4 rings (SSSR count). The van der Waals surface area contributed by atoms with E-state index in [-0.39, 0.29) is 10.5 Å². The van der Waals surface area contributed by atoms with Crippen molar-refractivity contribution in [2.24, 2.45) is 5.73 Å². The fraction of sp³-hybridized carbons (Fsp3) is 0.182. The summed E-state index contributed by atoms with van der Waals surface area (Å²) in [5.41, 5.74) is 8.83. The van der Waals surface area contributed by atoms with Crippen molar-refractivity contribution in [2.75, 3.05) is 0 Å². The van der Waals surface area contributed by atoms with Gasteiger partial charge in [-0.1, -0.05) is 18.2 Å². The molecule has 0 unspecified atom stereocenters. The van der Waals surface area contributed by atoms with Crippen molar-refractivity contribution in [3.63, 3.8) is 0 Å². The fourth-order valence-corrected chi connectivity index (χ4v) is 4.76. The number of hydrogen-bond donors (Lipinski definition) is 2. The Hall–Kier alpha value is -3.44. The first-order chi connectivity index (χ1) is 15.4. The summed E-state index contributed by atoms with van der Waals surface area (Å²) in [5.74, 6) is -0.692. The van der Waals surface area contributed by atoms with Gasteiger partial charge in [0, 0.05) is 17.3 Å². The van der Waals surface area contributed by atoms with Crippen LogP contribution in [0.2, 0.25) is 0 Å². The number of rotatable bonds is 6. The van der Waals surface area contributed by atoms with Crippen LogP contribution in [-0.4, -0.2) is 36.1 Å². The van der Waals surface area contributed by atoms with Crippen molar-refractivity contribution in [2.45, 2.75) is 31.0 Å². The lowest BCUT2D eigenvalue weighted by molar-refractivity contribution is -0.147. The molecule has 2 aromatic heterocycles. The van der Waals surface area contributed by atoms with Gasteiger partial charge in [-0.3, -0.25) is 9.36 Å². The van der Waals surface area contributed by atoms with Crippen molar-refractivity contribution in [1.29, 1.82) is 0 Å². The molecule has 0 saturated heterocycles. The fourth-order valence-electron chi connectivity index (χ4n) is 3.53. The number of pyridine rings is 1. The van der Waals surface area contributed by atoms with E-state index < -0.39 is 28.1 Å². The van der Waals surface area contributed by atoms with Gasteiger partial charge in [-0.2, -0.15) is 17.9 Å². The first kappa shape index (κ1) is 22.7. The number of aryl methyl sites for hydroxylation is 1. The number of carbonyl (C=O) groups excluding carboxylic acids is 1. The van der Waals surface area contributed by atoms with Gasteiger partial charge in [0.2, 0.25) is 10.0 Å². The van der Waals surface area contributed by atoms with E-state index in [1.165, 1.54) is 24.3 Å². The normalized spacial score (nSPS) is 14.8. The molecule has 172 valence electrons. The van der Waals surface area contributed by atoms with Gasteiger partial charge in [0.1, 0.15) is 11.7 Å². The van der Waals surface area contributed by atoms with E-state index in [1.807, 2.05) is 25.2 Å². The monoisotopic (exact) mass is 476 g/mol. The zero-order valence-electron chi connectivity index (χ0n) is 17.5. The summed E-state index contributed by atoms with van der Waals surface area (Å²) in [6.07, 6.45) is 2.37. The molecule has 33 heavy (non-hydrogen) atoms. The lowest BCUT2D eigenvalue weighted by atomic mass is 10.0. The summed E-state index contributed by atoms with van der Waals surface area (Å²) in [4.78, 5) is 16.5. The van der Waals surface area contributed by atoms with Gasteiger partial charge in [-0.15, -0.1) is 0 Å². The summed E-state index contributed by atoms with van der Waals surface area (Å²) in [5, 5.41) is 0.538. The minimum Gasteiger partial charge on any atom is -0.366 e. The molecule has 7 nitrogen and oxygen atoms in total. The molecule has 11 heteroatoms. The number of nitrogens with zero attached hydrogens (tertiary/aromatic N) is 2. The Labute approximate surface area is 187 Å². The number of nitrogens with two attached hydrogens (primary N) is 1. The Morgan fingerprint density at radius 3 is 2.36 bits per heavy atom. The van der Waals surface area contributed by atoms with Crippen LogP contribution in [0.4, 0.5) is 13.2 Å². The van der Waals surface area contributed by atoms with Crippen LogP contribution in [0, 0.1) is 6.92 Å². The van der Waals surface area contributed by atoms with Crippen LogP contribution in [0.25, 0.3) is 28.0 Å². The first-order valence-electron chi connectivity index (χ1n) is 9.79. The predicted octanol–water partition coefficient (Wildman–Crippen LogP) is 3.75. The quantitative estimate of drug-likeness (QED) is 0.565. The Morgan fingerprint density at radius 2 is 1.85 bits per heavy atom. The van der Waals surface area contributed by atoms with Crippen LogP contribution < -0.4 is 10.5 Å².